The van der Waals surface area contributed by atoms with Gasteiger partial charge in [-0.25, -0.2) is 0 Å². The van der Waals surface area contributed by atoms with Crippen LogP contribution in [-0.2, 0) is 6.54 Å². The fraction of sp³-hybridized carbons (Fsp3) is 0.647. The van der Waals surface area contributed by atoms with E-state index >= 15 is 0 Å². The predicted octanol–water partition coefficient (Wildman–Crippen LogP) is 4.41. The minimum Gasteiger partial charge on any atom is -0.306 e. The number of hydrogen-bond acceptors (Lipinski definition) is 2. The molecule has 1 aromatic rings. The molecule has 2 heterocycles. The third-order valence-electron chi connectivity index (χ3n) is 5.39. The molecular formula is C17H24BrClN2. The smallest absolute Gasteiger partial charge is 0.0593 e. The maximum absolute atomic E-state index is 6.39. The van der Waals surface area contributed by atoms with Crippen molar-refractivity contribution in [3.63, 3.8) is 0 Å². The Bertz CT molecular complexity index is 488. The van der Waals surface area contributed by atoms with Crippen molar-refractivity contribution in [3.8, 4) is 0 Å². The second-order valence-electron chi connectivity index (χ2n) is 6.79. The summed E-state index contributed by atoms with van der Waals surface area (Å²) in [5, 5.41) is 0.872. The number of halogens is 2. The van der Waals surface area contributed by atoms with Gasteiger partial charge in [0.15, 0.2) is 0 Å². The number of nitrogens with zero attached hydrogens (tertiary/aromatic N) is 2. The van der Waals surface area contributed by atoms with Gasteiger partial charge in [-0.15, -0.1) is 0 Å². The molecule has 0 radical (unpaired) electrons. The SMILES string of the molecule is CN1CCC2(CC1)CCN(Cc1cccc(Br)c1Cl)CC2. The largest absolute Gasteiger partial charge is 0.306 e. The number of likely N-dealkylation sites (tertiary alicyclic amines) is 2. The summed E-state index contributed by atoms with van der Waals surface area (Å²) in [4.78, 5) is 5.04. The fourth-order valence-corrected chi connectivity index (χ4v) is 4.28. The molecule has 0 aliphatic carbocycles. The summed E-state index contributed by atoms with van der Waals surface area (Å²) in [6.07, 6.45) is 5.48. The first-order valence-electron chi connectivity index (χ1n) is 7.92. The molecule has 0 aromatic heterocycles. The number of benzene rings is 1. The van der Waals surface area contributed by atoms with Gasteiger partial charge < -0.3 is 4.90 Å². The van der Waals surface area contributed by atoms with Crippen LogP contribution in [0.15, 0.2) is 22.7 Å². The van der Waals surface area contributed by atoms with E-state index in [1.54, 1.807) is 0 Å². The van der Waals surface area contributed by atoms with Gasteiger partial charge in [0.1, 0.15) is 0 Å². The molecule has 21 heavy (non-hydrogen) atoms. The Kier molecular flexibility index (Phi) is 4.94. The van der Waals surface area contributed by atoms with Crippen molar-refractivity contribution in [1.82, 2.24) is 9.80 Å². The van der Waals surface area contributed by atoms with E-state index in [0.29, 0.717) is 5.41 Å². The normalized spacial score (nSPS) is 23.6. The first kappa shape index (κ1) is 15.8. The predicted molar refractivity (Wildman–Crippen MR) is 92.8 cm³/mol. The highest BCUT2D eigenvalue weighted by Crippen LogP contribution is 2.41. The van der Waals surface area contributed by atoms with E-state index < -0.39 is 0 Å². The van der Waals surface area contributed by atoms with Crippen molar-refractivity contribution in [1.29, 1.82) is 0 Å². The summed E-state index contributed by atoms with van der Waals surface area (Å²) >= 11 is 9.91. The Labute approximate surface area is 141 Å². The molecule has 2 fully saturated rings. The molecule has 2 aliphatic rings. The molecule has 2 nitrogen and oxygen atoms in total. The van der Waals surface area contributed by atoms with E-state index in [9.17, 15) is 0 Å². The van der Waals surface area contributed by atoms with Gasteiger partial charge in [0.25, 0.3) is 0 Å². The van der Waals surface area contributed by atoms with Gasteiger partial charge in [-0.1, -0.05) is 23.7 Å². The molecule has 1 spiro atoms. The zero-order chi connectivity index (χ0) is 14.9. The Morgan fingerprint density at radius 2 is 1.71 bits per heavy atom. The molecule has 0 bridgehead atoms. The summed E-state index contributed by atoms with van der Waals surface area (Å²) < 4.78 is 1.01. The van der Waals surface area contributed by atoms with Gasteiger partial charge in [-0.2, -0.15) is 0 Å². The minimum atomic E-state index is 0.629. The van der Waals surface area contributed by atoms with Gasteiger partial charge in [-0.3, -0.25) is 4.90 Å². The second kappa shape index (κ2) is 6.57. The topological polar surface area (TPSA) is 6.48 Å². The third kappa shape index (κ3) is 3.64. The van der Waals surface area contributed by atoms with Crippen LogP contribution in [0.3, 0.4) is 0 Å². The zero-order valence-electron chi connectivity index (χ0n) is 12.7. The molecule has 116 valence electrons. The Balaban J connectivity index is 1.58. The van der Waals surface area contributed by atoms with E-state index in [-0.39, 0.29) is 0 Å². The van der Waals surface area contributed by atoms with Gasteiger partial charge >= 0.3 is 0 Å². The fourth-order valence-electron chi connectivity index (χ4n) is 3.69. The molecular weight excluding hydrogens is 348 g/mol. The van der Waals surface area contributed by atoms with Crippen molar-refractivity contribution in [2.75, 3.05) is 33.2 Å². The van der Waals surface area contributed by atoms with Crippen LogP contribution in [0, 0.1) is 5.41 Å². The van der Waals surface area contributed by atoms with Crippen LogP contribution in [0.4, 0.5) is 0 Å². The van der Waals surface area contributed by atoms with Crippen LogP contribution in [0.25, 0.3) is 0 Å². The van der Waals surface area contributed by atoms with Gasteiger partial charge in [0, 0.05) is 11.0 Å². The Morgan fingerprint density at radius 3 is 2.38 bits per heavy atom. The average Bonchev–Trinajstić information content (AvgIpc) is 2.50. The molecule has 3 rings (SSSR count). The maximum atomic E-state index is 6.39. The van der Waals surface area contributed by atoms with Crippen LogP contribution >= 0.6 is 27.5 Å². The van der Waals surface area contributed by atoms with Crippen molar-refractivity contribution in [2.24, 2.45) is 5.41 Å². The lowest BCUT2D eigenvalue weighted by Crippen LogP contribution is -2.45. The van der Waals surface area contributed by atoms with Crippen molar-refractivity contribution in [3.05, 3.63) is 33.3 Å². The van der Waals surface area contributed by atoms with Crippen LogP contribution in [0.2, 0.25) is 5.02 Å². The Hall–Kier alpha value is -0.0900. The van der Waals surface area contributed by atoms with Crippen molar-refractivity contribution in [2.45, 2.75) is 32.2 Å². The standard InChI is InChI=1S/C17H24BrClN2/c1-20-9-5-17(6-10-20)7-11-21(12-8-17)13-14-3-2-4-15(18)16(14)19/h2-4H,5-13H2,1H3. The number of hydrogen-bond donors (Lipinski definition) is 0. The zero-order valence-corrected chi connectivity index (χ0v) is 15.1. The molecule has 0 amide bonds. The summed E-state index contributed by atoms with van der Waals surface area (Å²) in [6, 6.07) is 6.23. The number of piperidine rings is 2. The maximum Gasteiger partial charge on any atom is 0.0593 e. The molecule has 0 unspecified atom stereocenters. The summed E-state index contributed by atoms with van der Waals surface area (Å²) in [5.74, 6) is 0. The average molecular weight is 372 g/mol. The van der Waals surface area contributed by atoms with E-state index in [0.717, 1.165) is 16.0 Å². The molecule has 2 saturated heterocycles. The lowest BCUT2D eigenvalue weighted by Gasteiger charge is -2.46. The van der Waals surface area contributed by atoms with Crippen LogP contribution in [0.1, 0.15) is 31.2 Å². The van der Waals surface area contributed by atoms with Gasteiger partial charge in [-0.05, 0) is 91.9 Å². The molecule has 0 saturated carbocycles. The van der Waals surface area contributed by atoms with E-state index in [1.165, 1.54) is 57.4 Å². The second-order valence-corrected chi connectivity index (χ2v) is 8.02. The van der Waals surface area contributed by atoms with E-state index in [4.69, 9.17) is 11.6 Å². The third-order valence-corrected chi connectivity index (χ3v) is 6.73. The summed E-state index contributed by atoms with van der Waals surface area (Å²) in [6.45, 7) is 5.96. The lowest BCUT2D eigenvalue weighted by molar-refractivity contribution is 0.0401. The van der Waals surface area contributed by atoms with Crippen LogP contribution in [-0.4, -0.2) is 43.0 Å². The van der Waals surface area contributed by atoms with Crippen molar-refractivity contribution >= 4 is 27.5 Å². The highest BCUT2D eigenvalue weighted by molar-refractivity contribution is 9.10. The van der Waals surface area contributed by atoms with Crippen molar-refractivity contribution < 1.29 is 0 Å². The summed E-state index contributed by atoms with van der Waals surface area (Å²) in [7, 11) is 2.25. The van der Waals surface area contributed by atoms with Gasteiger partial charge in [0.05, 0.1) is 5.02 Å². The summed E-state index contributed by atoms with van der Waals surface area (Å²) in [5.41, 5.74) is 1.87. The first-order valence-corrected chi connectivity index (χ1v) is 9.09. The molecule has 0 atom stereocenters. The molecule has 0 N–H and O–H groups in total. The van der Waals surface area contributed by atoms with E-state index in [2.05, 4.69) is 44.9 Å². The highest BCUT2D eigenvalue weighted by Gasteiger charge is 2.36. The number of rotatable bonds is 2. The minimum absolute atomic E-state index is 0.629. The highest BCUT2D eigenvalue weighted by atomic mass is 79.9. The molecule has 4 heteroatoms. The molecule has 2 aliphatic heterocycles. The van der Waals surface area contributed by atoms with Gasteiger partial charge in [0.2, 0.25) is 0 Å². The monoisotopic (exact) mass is 370 g/mol. The van der Waals surface area contributed by atoms with Crippen LogP contribution in [0.5, 0.6) is 0 Å². The lowest BCUT2D eigenvalue weighted by atomic mass is 9.71. The Morgan fingerprint density at radius 1 is 1.10 bits per heavy atom. The van der Waals surface area contributed by atoms with Crippen LogP contribution < -0.4 is 0 Å². The quantitative estimate of drug-likeness (QED) is 0.760. The first-order chi connectivity index (χ1) is 10.1. The van der Waals surface area contributed by atoms with E-state index in [1.807, 2.05) is 6.07 Å². The molecule has 1 aromatic carbocycles.